The van der Waals surface area contributed by atoms with Crippen LogP contribution in [0.15, 0.2) is 47.8 Å². The Labute approximate surface area is 144 Å². The molecule has 3 aromatic rings. The Morgan fingerprint density at radius 3 is 2.88 bits per heavy atom. The molecule has 0 radical (unpaired) electrons. The van der Waals surface area contributed by atoms with Crippen LogP contribution in [0, 0.1) is 0 Å². The van der Waals surface area contributed by atoms with E-state index < -0.39 is 6.09 Å². The topological polar surface area (TPSA) is 76.4 Å². The van der Waals surface area contributed by atoms with Crippen molar-refractivity contribution in [3.63, 3.8) is 0 Å². The highest BCUT2D eigenvalue weighted by molar-refractivity contribution is 7.17. The number of fused-ring (bicyclic) bond motifs is 1. The second kappa shape index (κ2) is 7.23. The molecule has 0 unspecified atom stereocenters. The van der Waals surface area contributed by atoms with Gasteiger partial charge in [0.2, 0.25) is 0 Å². The lowest BCUT2D eigenvalue weighted by atomic mass is 10.1. The van der Waals surface area contributed by atoms with E-state index in [0.717, 1.165) is 5.69 Å². The zero-order valence-corrected chi connectivity index (χ0v) is 14.2. The van der Waals surface area contributed by atoms with Crippen molar-refractivity contribution in [2.45, 2.75) is 13.5 Å². The molecule has 0 atom stereocenters. The summed E-state index contributed by atoms with van der Waals surface area (Å²) in [6, 6.07) is 13.8. The summed E-state index contributed by atoms with van der Waals surface area (Å²) in [6.45, 7) is 2.79. The Balaban J connectivity index is 1.67. The van der Waals surface area contributed by atoms with Gasteiger partial charge >= 0.3 is 6.09 Å². The van der Waals surface area contributed by atoms with E-state index in [1.807, 2.05) is 18.2 Å². The molecule has 0 aliphatic rings. The molecular formula is C18H19N3O2S. The van der Waals surface area contributed by atoms with Gasteiger partial charge in [-0.15, -0.1) is 11.3 Å². The number of carbonyl (C=O) groups excluding carboxylic acids is 1. The predicted octanol–water partition coefficient (Wildman–Crippen LogP) is 4.66. The Kier molecular flexibility index (Phi) is 4.86. The predicted molar refractivity (Wildman–Crippen MR) is 101 cm³/mol. The van der Waals surface area contributed by atoms with E-state index in [4.69, 9.17) is 10.5 Å². The molecule has 6 heteroatoms. The Morgan fingerprint density at radius 2 is 2.08 bits per heavy atom. The minimum absolute atomic E-state index is 0.319. The second-order valence-electron chi connectivity index (χ2n) is 5.26. The standard InChI is InChI=1S/C18H19N3O2S/c1-2-23-18(22)21-16-8-7-13(9-15(16)19)20-10-12-11-24-17-6-4-3-5-14(12)17/h3-9,11,20H,2,10,19H2,1H3,(H,21,22). The molecule has 0 fully saturated rings. The lowest BCUT2D eigenvalue weighted by Crippen LogP contribution is -2.14. The van der Waals surface area contributed by atoms with E-state index in [9.17, 15) is 4.79 Å². The first-order chi connectivity index (χ1) is 11.7. The molecule has 1 heterocycles. The number of anilines is 3. The summed E-state index contributed by atoms with van der Waals surface area (Å²) in [7, 11) is 0. The minimum atomic E-state index is -0.505. The fourth-order valence-electron chi connectivity index (χ4n) is 2.43. The van der Waals surface area contributed by atoms with E-state index in [-0.39, 0.29) is 0 Å². The van der Waals surface area contributed by atoms with Gasteiger partial charge in [-0.1, -0.05) is 18.2 Å². The van der Waals surface area contributed by atoms with E-state index in [1.165, 1.54) is 15.6 Å². The molecule has 0 saturated carbocycles. The van der Waals surface area contributed by atoms with Crippen molar-refractivity contribution in [3.8, 4) is 0 Å². The number of nitrogens with two attached hydrogens (primary N) is 1. The summed E-state index contributed by atoms with van der Waals surface area (Å²) in [4.78, 5) is 11.5. The van der Waals surface area contributed by atoms with Crippen LogP contribution in [0.4, 0.5) is 21.9 Å². The smallest absolute Gasteiger partial charge is 0.411 e. The number of nitrogens with one attached hydrogen (secondary N) is 2. The molecule has 0 aliphatic heterocycles. The number of rotatable bonds is 5. The van der Waals surface area contributed by atoms with Gasteiger partial charge < -0.3 is 15.8 Å². The zero-order chi connectivity index (χ0) is 16.9. The van der Waals surface area contributed by atoms with Gasteiger partial charge in [-0.25, -0.2) is 4.79 Å². The summed E-state index contributed by atoms with van der Waals surface area (Å²) in [6.07, 6.45) is -0.505. The monoisotopic (exact) mass is 341 g/mol. The second-order valence-corrected chi connectivity index (χ2v) is 6.17. The molecule has 3 rings (SSSR count). The molecule has 1 amide bonds. The van der Waals surface area contributed by atoms with Crippen molar-refractivity contribution in [2.24, 2.45) is 0 Å². The number of hydrogen-bond acceptors (Lipinski definition) is 5. The summed E-state index contributed by atoms with van der Waals surface area (Å²) in [5.74, 6) is 0. The number of nitrogen functional groups attached to an aromatic ring is 1. The largest absolute Gasteiger partial charge is 0.450 e. The molecule has 2 aromatic carbocycles. The van der Waals surface area contributed by atoms with Crippen molar-refractivity contribution in [1.82, 2.24) is 0 Å². The fraction of sp³-hybridized carbons (Fsp3) is 0.167. The van der Waals surface area contributed by atoms with E-state index in [0.29, 0.717) is 24.5 Å². The third-order valence-electron chi connectivity index (χ3n) is 3.61. The van der Waals surface area contributed by atoms with Crippen molar-refractivity contribution in [1.29, 1.82) is 0 Å². The lowest BCUT2D eigenvalue weighted by Gasteiger charge is -2.11. The van der Waals surface area contributed by atoms with Crippen LogP contribution in [0.25, 0.3) is 10.1 Å². The SMILES string of the molecule is CCOC(=O)Nc1ccc(NCc2csc3ccccc23)cc1N. The Hall–Kier alpha value is -2.73. The fourth-order valence-corrected chi connectivity index (χ4v) is 3.39. The molecule has 5 nitrogen and oxygen atoms in total. The molecule has 24 heavy (non-hydrogen) atoms. The van der Waals surface area contributed by atoms with Crippen LogP contribution in [-0.2, 0) is 11.3 Å². The van der Waals surface area contributed by atoms with Crippen molar-refractivity contribution in [2.75, 3.05) is 23.0 Å². The first-order valence-corrected chi connectivity index (χ1v) is 8.57. The number of hydrogen-bond donors (Lipinski definition) is 3. The van der Waals surface area contributed by atoms with Crippen LogP contribution in [0.1, 0.15) is 12.5 Å². The van der Waals surface area contributed by atoms with Gasteiger partial charge in [-0.3, -0.25) is 5.32 Å². The van der Waals surface area contributed by atoms with Gasteiger partial charge in [0, 0.05) is 16.9 Å². The van der Waals surface area contributed by atoms with E-state index >= 15 is 0 Å². The molecule has 0 aliphatic carbocycles. The number of amides is 1. The maximum Gasteiger partial charge on any atom is 0.411 e. The van der Waals surface area contributed by atoms with Gasteiger partial charge in [0.15, 0.2) is 0 Å². The normalized spacial score (nSPS) is 10.5. The summed E-state index contributed by atoms with van der Waals surface area (Å²) < 4.78 is 6.13. The molecule has 0 spiro atoms. The first kappa shape index (κ1) is 16.1. The lowest BCUT2D eigenvalue weighted by molar-refractivity contribution is 0.168. The maximum absolute atomic E-state index is 11.5. The quantitative estimate of drug-likeness (QED) is 0.590. The molecule has 1 aromatic heterocycles. The summed E-state index contributed by atoms with van der Waals surface area (Å²) >= 11 is 1.74. The van der Waals surface area contributed by atoms with Gasteiger partial charge in [-0.2, -0.15) is 0 Å². The number of carbonyl (C=O) groups is 1. The molecule has 124 valence electrons. The maximum atomic E-state index is 11.5. The average molecular weight is 341 g/mol. The van der Waals surface area contributed by atoms with Crippen LogP contribution in [0.2, 0.25) is 0 Å². The van der Waals surface area contributed by atoms with Crippen molar-refractivity contribution in [3.05, 3.63) is 53.4 Å². The number of benzene rings is 2. The molecule has 0 bridgehead atoms. The zero-order valence-electron chi connectivity index (χ0n) is 13.3. The molecular weight excluding hydrogens is 322 g/mol. The third-order valence-corrected chi connectivity index (χ3v) is 4.62. The van der Waals surface area contributed by atoms with Gasteiger partial charge in [-0.05, 0) is 47.5 Å². The van der Waals surface area contributed by atoms with Crippen molar-refractivity contribution < 1.29 is 9.53 Å². The van der Waals surface area contributed by atoms with Gasteiger partial charge in [0.25, 0.3) is 0 Å². The van der Waals surface area contributed by atoms with E-state index in [2.05, 4.69) is 28.1 Å². The van der Waals surface area contributed by atoms with Crippen LogP contribution < -0.4 is 16.4 Å². The highest BCUT2D eigenvalue weighted by atomic mass is 32.1. The number of thiophene rings is 1. The molecule has 0 saturated heterocycles. The van der Waals surface area contributed by atoms with Crippen LogP contribution >= 0.6 is 11.3 Å². The number of ether oxygens (including phenoxy) is 1. The third kappa shape index (κ3) is 3.60. The van der Waals surface area contributed by atoms with Crippen LogP contribution in [-0.4, -0.2) is 12.7 Å². The van der Waals surface area contributed by atoms with Crippen molar-refractivity contribution >= 4 is 44.6 Å². The first-order valence-electron chi connectivity index (χ1n) is 7.69. The highest BCUT2D eigenvalue weighted by Crippen LogP contribution is 2.27. The summed E-state index contributed by atoms with van der Waals surface area (Å²) in [5, 5.41) is 9.42. The highest BCUT2D eigenvalue weighted by Gasteiger charge is 2.07. The van der Waals surface area contributed by atoms with Crippen LogP contribution in [0.5, 0.6) is 0 Å². The average Bonchev–Trinajstić information content (AvgIpc) is 2.99. The Morgan fingerprint density at radius 1 is 1.25 bits per heavy atom. The van der Waals surface area contributed by atoms with Crippen LogP contribution in [0.3, 0.4) is 0 Å². The van der Waals surface area contributed by atoms with E-state index in [1.54, 1.807) is 30.4 Å². The Bertz CT molecular complexity index is 860. The minimum Gasteiger partial charge on any atom is -0.450 e. The van der Waals surface area contributed by atoms with Gasteiger partial charge in [0.1, 0.15) is 0 Å². The summed E-state index contributed by atoms with van der Waals surface area (Å²) in [5.41, 5.74) is 9.18. The molecule has 4 N–H and O–H groups in total. The van der Waals surface area contributed by atoms with Gasteiger partial charge in [0.05, 0.1) is 18.0 Å².